The van der Waals surface area contributed by atoms with Crippen LogP contribution in [-0.4, -0.2) is 28.6 Å². The van der Waals surface area contributed by atoms with Crippen LogP contribution in [0.25, 0.3) is 10.9 Å². The molecule has 2 amide bonds. The molecule has 2 rings (SSSR count). The highest BCUT2D eigenvalue weighted by molar-refractivity contribution is 5.86. The minimum atomic E-state index is -0.650. The molecule has 2 aromatic rings. The summed E-state index contributed by atoms with van der Waals surface area (Å²) in [5.74, 6) is -0.284. The van der Waals surface area contributed by atoms with Gasteiger partial charge in [0.1, 0.15) is 11.6 Å². The van der Waals surface area contributed by atoms with Crippen LogP contribution in [-0.2, 0) is 16.1 Å². The third-order valence-electron chi connectivity index (χ3n) is 3.91. The molecule has 1 aromatic carbocycles. The maximum absolute atomic E-state index is 12.5. The minimum Gasteiger partial charge on any atom is -0.444 e. The molecular weight excluding hydrogens is 330 g/mol. The zero-order chi connectivity index (χ0) is 19.5. The Labute approximate surface area is 154 Å². The molecular formula is C20H29N3O3. The van der Waals surface area contributed by atoms with Gasteiger partial charge in [-0.25, -0.2) is 4.79 Å². The Morgan fingerprint density at radius 1 is 1.19 bits per heavy atom. The van der Waals surface area contributed by atoms with E-state index in [1.165, 1.54) is 0 Å². The molecule has 0 aliphatic rings. The number of nitrogens with one attached hydrogen (secondary N) is 3. The molecule has 0 saturated heterocycles. The fraction of sp³-hybridized carbons (Fsp3) is 0.500. The summed E-state index contributed by atoms with van der Waals surface area (Å²) < 4.78 is 5.25. The van der Waals surface area contributed by atoms with Crippen molar-refractivity contribution >= 4 is 22.9 Å². The number of carbonyl (C=O) groups excluding carboxylic acids is 2. The molecule has 0 bridgehead atoms. The van der Waals surface area contributed by atoms with Crippen molar-refractivity contribution in [2.24, 2.45) is 5.92 Å². The van der Waals surface area contributed by atoms with Crippen molar-refractivity contribution < 1.29 is 14.3 Å². The van der Waals surface area contributed by atoms with E-state index in [2.05, 4.69) is 21.7 Å². The Bertz CT molecular complexity index is 787. The lowest BCUT2D eigenvalue weighted by molar-refractivity contribution is -0.124. The average molecular weight is 359 g/mol. The number of aromatic nitrogens is 1. The molecule has 6 heteroatoms. The summed E-state index contributed by atoms with van der Waals surface area (Å²) in [6.07, 6.45) is -0.587. The monoisotopic (exact) mass is 359 g/mol. The first-order valence-electron chi connectivity index (χ1n) is 8.90. The molecule has 0 saturated carbocycles. The van der Waals surface area contributed by atoms with Crippen LogP contribution in [0.5, 0.6) is 0 Å². The number of amides is 2. The predicted octanol–water partition coefficient (Wildman–Crippen LogP) is 3.64. The van der Waals surface area contributed by atoms with Crippen molar-refractivity contribution in [2.45, 2.75) is 59.7 Å². The van der Waals surface area contributed by atoms with Crippen molar-refractivity contribution in [1.82, 2.24) is 15.6 Å². The van der Waals surface area contributed by atoms with Crippen molar-refractivity contribution in [1.29, 1.82) is 0 Å². The fourth-order valence-electron chi connectivity index (χ4n) is 2.71. The van der Waals surface area contributed by atoms with Gasteiger partial charge in [0.25, 0.3) is 0 Å². The number of hydrogen-bond acceptors (Lipinski definition) is 3. The first kappa shape index (κ1) is 19.8. The van der Waals surface area contributed by atoms with E-state index >= 15 is 0 Å². The van der Waals surface area contributed by atoms with Crippen molar-refractivity contribution in [3.63, 3.8) is 0 Å². The van der Waals surface area contributed by atoms with Gasteiger partial charge in [0.15, 0.2) is 0 Å². The van der Waals surface area contributed by atoms with Gasteiger partial charge < -0.3 is 20.4 Å². The smallest absolute Gasteiger partial charge is 0.408 e. The molecule has 3 N–H and O–H groups in total. The number of carbonyl (C=O) groups is 2. The number of rotatable bonds is 5. The standard InChI is InChI=1S/C20H29N3O3/c1-12(2)17(23-19(25)26-20(4,5)6)18(24)21-11-14-7-8-16-15(10-14)9-13(3)22-16/h7-10,12,17,22H,11H2,1-6H3,(H,21,24)(H,23,25). The molecule has 1 atom stereocenters. The van der Waals surface area contributed by atoms with Gasteiger partial charge >= 0.3 is 6.09 Å². The maximum atomic E-state index is 12.5. The maximum Gasteiger partial charge on any atom is 0.408 e. The number of hydrogen-bond donors (Lipinski definition) is 3. The van der Waals surface area contributed by atoms with E-state index in [4.69, 9.17) is 4.74 Å². The molecule has 0 aliphatic carbocycles. The third-order valence-corrected chi connectivity index (χ3v) is 3.91. The van der Waals surface area contributed by atoms with Crippen LogP contribution in [0.2, 0.25) is 0 Å². The van der Waals surface area contributed by atoms with E-state index in [0.29, 0.717) is 6.54 Å². The Balaban J connectivity index is 1.98. The number of alkyl carbamates (subject to hydrolysis) is 1. The van der Waals surface area contributed by atoms with Gasteiger partial charge in [-0.2, -0.15) is 0 Å². The van der Waals surface area contributed by atoms with Crippen molar-refractivity contribution in [3.05, 3.63) is 35.5 Å². The summed E-state index contributed by atoms with van der Waals surface area (Å²) in [5, 5.41) is 6.68. The molecule has 0 fully saturated rings. The van der Waals surface area contributed by atoms with E-state index in [9.17, 15) is 9.59 Å². The second-order valence-corrected chi connectivity index (χ2v) is 7.96. The molecule has 0 radical (unpaired) electrons. The van der Waals surface area contributed by atoms with Crippen LogP contribution in [0, 0.1) is 12.8 Å². The van der Waals surface area contributed by atoms with Crippen LogP contribution in [0.15, 0.2) is 24.3 Å². The SMILES string of the molecule is Cc1cc2cc(CNC(=O)C(NC(=O)OC(C)(C)C)C(C)C)ccc2[nH]1. The van der Waals surface area contributed by atoms with Crippen LogP contribution < -0.4 is 10.6 Å². The van der Waals surface area contributed by atoms with E-state index in [0.717, 1.165) is 22.2 Å². The summed E-state index contributed by atoms with van der Waals surface area (Å²) >= 11 is 0. The van der Waals surface area contributed by atoms with E-state index in [1.807, 2.05) is 39.0 Å². The zero-order valence-corrected chi connectivity index (χ0v) is 16.4. The molecule has 0 spiro atoms. The number of aromatic amines is 1. The van der Waals surface area contributed by atoms with Crippen molar-refractivity contribution in [2.75, 3.05) is 0 Å². The van der Waals surface area contributed by atoms with Gasteiger partial charge in [-0.3, -0.25) is 4.79 Å². The molecule has 6 nitrogen and oxygen atoms in total. The van der Waals surface area contributed by atoms with Crippen LogP contribution in [0.1, 0.15) is 45.9 Å². The highest BCUT2D eigenvalue weighted by Crippen LogP contribution is 2.17. The van der Waals surface area contributed by atoms with Gasteiger partial charge in [-0.05, 0) is 62.8 Å². The first-order valence-corrected chi connectivity index (χ1v) is 8.90. The Morgan fingerprint density at radius 3 is 2.50 bits per heavy atom. The summed E-state index contributed by atoms with van der Waals surface area (Å²) in [7, 11) is 0. The van der Waals surface area contributed by atoms with Gasteiger partial charge in [0.05, 0.1) is 0 Å². The lowest BCUT2D eigenvalue weighted by Crippen LogP contribution is -2.50. The quantitative estimate of drug-likeness (QED) is 0.762. The summed E-state index contributed by atoms with van der Waals surface area (Å²) in [5.41, 5.74) is 2.57. The predicted molar refractivity (Wildman–Crippen MR) is 103 cm³/mol. The third kappa shape index (κ3) is 5.51. The minimum absolute atomic E-state index is 0.0580. The van der Waals surface area contributed by atoms with Gasteiger partial charge in [0.2, 0.25) is 5.91 Å². The second kappa shape index (κ2) is 7.81. The highest BCUT2D eigenvalue weighted by Gasteiger charge is 2.26. The van der Waals surface area contributed by atoms with E-state index < -0.39 is 17.7 Å². The van der Waals surface area contributed by atoms with Gasteiger partial charge in [0, 0.05) is 17.8 Å². The number of H-pyrrole nitrogens is 1. The van der Waals surface area contributed by atoms with E-state index in [-0.39, 0.29) is 11.8 Å². The average Bonchev–Trinajstić information content (AvgIpc) is 2.87. The molecule has 26 heavy (non-hydrogen) atoms. The summed E-state index contributed by atoms with van der Waals surface area (Å²) in [6.45, 7) is 11.5. The zero-order valence-electron chi connectivity index (χ0n) is 16.4. The molecule has 0 aliphatic heterocycles. The van der Waals surface area contributed by atoms with Crippen LogP contribution >= 0.6 is 0 Å². The Hall–Kier alpha value is -2.50. The normalized spacial score (nSPS) is 12.9. The van der Waals surface area contributed by atoms with Crippen LogP contribution in [0.3, 0.4) is 0 Å². The Morgan fingerprint density at radius 2 is 1.88 bits per heavy atom. The number of ether oxygens (including phenoxy) is 1. The van der Waals surface area contributed by atoms with Crippen molar-refractivity contribution in [3.8, 4) is 0 Å². The summed E-state index contributed by atoms with van der Waals surface area (Å²) in [4.78, 5) is 27.8. The number of fused-ring (bicyclic) bond motifs is 1. The Kier molecular flexibility index (Phi) is 5.95. The highest BCUT2D eigenvalue weighted by atomic mass is 16.6. The lowest BCUT2D eigenvalue weighted by Gasteiger charge is -2.25. The second-order valence-electron chi connectivity index (χ2n) is 7.96. The number of benzene rings is 1. The number of aryl methyl sites for hydroxylation is 1. The molecule has 1 aromatic heterocycles. The summed E-state index contributed by atoms with van der Waals surface area (Å²) in [6, 6.07) is 7.45. The topological polar surface area (TPSA) is 83.2 Å². The van der Waals surface area contributed by atoms with E-state index in [1.54, 1.807) is 20.8 Å². The van der Waals surface area contributed by atoms with Gasteiger partial charge in [-0.15, -0.1) is 0 Å². The molecule has 142 valence electrons. The largest absolute Gasteiger partial charge is 0.444 e. The molecule has 1 heterocycles. The fourth-order valence-corrected chi connectivity index (χ4v) is 2.71. The molecule has 1 unspecified atom stereocenters. The van der Waals surface area contributed by atoms with Crippen LogP contribution in [0.4, 0.5) is 4.79 Å². The van der Waals surface area contributed by atoms with Gasteiger partial charge in [-0.1, -0.05) is 19.9 Å². The lowest BCUT2D eigenvalue weighted by atomic mass is 10.0. The first-order chi connectivity index (χ1) is 12.0.